The summed E-state index contributed by atoms with van der Waals surface area (Å²) in [6.07, 6.45) is 3.58. The molecule has 9 atom stereocenters. The van der Waals surface area contributed by atoms with Crippen molar-refractivity contribution in [3.05, 3.63) is 58.5 Å². The predicted molar refractivity (Wildman–Crippen MR) is 229 cm³/mol. The largest absolute Gasteiger partial charge is 0.507 e. The fraction of sp³-hybridized carbons (Fsp3) is 0.522. The Labute approximate surface area is 355 Å². The monoisotopic (exact) mass is 848 g/mol. The third kappa shape index (κ3) is 8.47. The fourth-order valence-corrected chi connectivity index (χ4v) is 8.40. The molecule has 2 aliphatic rings. The van der Waals surface area contributed by atoms with E-state index in [9.17, 15) is 39.6 Å². The van der Waals surface area contributed by atoms with Gasteiger partial charge in [-0.3, -0.25) is 14.4 Å². The molecule has 1 amide bonds. The van der Waals surface area contributed by atoms with Crippen LogP contribution in [0, 0.1) is 37.5 Å². The Bertz CT molecular complexity index is 2370. The van der Waals surface area contributed by atoms with Gasteiger partial charge in [-0.25, -0.2) is 4.79 Å². The van der Waals surface area contributed by atoms with E-state index in [1.165, 1.54) is 53.2 Å². The number of aliphatic hydroxyl groups excluding tert-OH is 2. The second-order valence-corrected chi connectivity index (χ2v) is 17.6. The number of carbonyl (C=O) groups excluding carboxylic acids is 4. The van der Waals surface area contributed by atoms with Gasteiger partial charge in [0, 0.05) is 79.3 Å². The number of rotatable bonds is 3. The molecule has 5 N–H and O–H groups in total. The van der Waals surface area contributed by atoms with E-state index in [1.54, 1.807) is 79.2 Å². The van der Waals surface area contributed by atoms with E-state index in [1.807, 2.05) is 0 Å². The van der Waals surface area contributed by atoms with Gasteiger partial charge in [0.05, 0.1) is 52.3 Å². The lowest BCUT2D eigenvalue weighted by Crippen LogP contribution is -2.46. The van der Waals surface area contributed by atoms with Crippen LogP contribution in [-0.2, 0) is 35.6 Å². The van der Waals surface area contributed by atoms with Crippen LogP contribution in [0.15, 0.2) is 36.1 Å². The number of aromatic hydroxyl groups is 2. The summed E-state index contributed by atoms with van der Waals surface area (Å²) in [4.78, 5) is 55.2. The van der Waals surface area contributed by atoms with Crippen LogP contribution in [0.5, 0.6) is 17.2 Å². The number of nitrogens with zero attached hydrogens (tertiary/aromatic N) is 1. The van der Waals surface area contributed by atoms with Crippen LogP contribution in [0.4, 0.5) is 5.69 Å². The molecular formula is C46H60N2O13. The van der Waals surface area contributed by atoms with Gasteiger partial charge in [-0.2, -0.15) is 0 Å². The van der Waals surface area contributed by atoms with E-state index in [4.69, 9.17) is 23.7 Å². The number of phenols is 2. The van der Waals surface area contributed by atoms with Crippen LogP contribution < -0.4 is 10.1 Å². The van der Waals surface area contributed by atoms with Crippen molar-refractivity contribution in [2.24, 2.45) is 30.7 Å². The maximum Gasteiger partial charge on any atom is 0.341 e. The SMILES string of the molecule is COC1C=COC2(C)Oc3c(C)c(O)c4c(O)c(c5c(C(=O)OC(C)(C)C)c(C)n(C)c5c4c3C2=O)NC(=O)C(C)=CC=CC(C)C(O)C(C)C(O)C(C)C(OC(C)=O)C1C. The van der Waals surface area contributed by atoms with Crippen molar-refractivity contribution in [1.29, 1.82) is 0 Å². The summed E-state index contributed by atoms with van der Waals surface area (Å²) in [7, 11) is 3.09. The van der Waals surface area contributed by atoms with E-state index >= 15 is 0 Å². The summed E-state index contributed by atoms with van der Waals surface area (Å²) in [5.74, 6) is -8.35. The number of phenolic OH excluding ortho intramolecular Hbond substituents is 2. The van der Waals surface area contributed by atoms with Crippen LogP contribution in [0.3, 0.4) is 0 Å². The quantitative estimate of drug-likeness (QED) is 0.136. The molecule has 0 radical (unpaired) electrons. The molecule has 15 nitrogen and oxygen atoms in total. The molecule has 5 rings (SSSR count). The highest BCUT2D eigenvalue weighted by Crippen LogP contribution is 2.55. The van der Waals surface area contributed by atoms with Crippen molar-refractivity contribution in [3.8, 4) is 17.2 Å². The van der Waals surface area contributed by atoms with Crippen molar-refractivity contribution in [2.75, 3.05) is 12.4 Å². The fourth-order valence-electron chi connectivity index (χ4n) is 8.40. The first-order valence-electron chi connectivity index (χ1n) is 20.4. The molecule has 9 unspecified atom stereocenters. The van der Waals surface area contributed by atoms with Gasteiger partial charge in [0.1, 0.15) is 23.2 Å². The van der Waals surface area contributed by atoms with Crippen molar-refractivity contribution in [3.63, 3.8) is 0 Å². The topological polar surface area (TPSA) is 212 Å². The Morgan fingerprint density at radius 1 is 0.918 bits per heavy atom. The molecule has 15 heteroatoms. The second-order valence-electron chi connectivity index (χ2n) is 17.6. The molecule has 3 aromatic rings. The van der Waals surface area contributed by atoms with Crippen LogP contribution in [-0.4, -0.2) is 91.5 Å². The van der Waals surface area contributed by atoms with E-state index in [0.29, 0.717) is 5.69 Å². The number of methoxy groups -OCH3 is 1. The number of esters is 2. The summed E-state index contributed by atoms with van der Waals surface area (Å²) in [6, 6.07) is 0. The van der Waals surface area contributed by atoms with Crippen molar-refractivity contribution in [2.45, 2.75) is 119 Å². The summed E-state index contributed by atoms with van der Waals surface area (Å²) >= 11 is 0. The third-order valence-electron chi connectivity index (χ3n) is 12.0. The number of carbonyl (C=O) groups is 4. The number of ketones is 1. The zero-order chi connectivity index (χ0) is 45.8. The normalized spacial score (nSPS) is 27.8. The molecule has 3 heterocycles. The van der Waals surface area contributed by atoms with Gasteiger partial charge in [0.15, 0.2) is 5.75 Å². The molecule has 332 valence electrons. The third-order valence-corrected chi connectivity index (χ3v) is 12.0. The van der Waals surface area contributed by atoms with Crippen LogP contribution in [0.2, 0.25) is 0 Å². The first-order valence-corrected chi connectivity index (χ1v) is 20.4. The molecule has 2 aliphatic heterocycles. The number of hydrogen-bond acceptors (Lipinski definition) is 13. The number of fused-ring (bicyclic) bond motifs is 1. The van der Waals surface area contributed by atoms with E-state index in [0.717, 1.165) is 0 Å². The Hall–Kier alpha value is -5.38. The van der Waals surface area contributed by atoms with Gasteiger partial charge >= 0.3 is 17.7 Å². The summed E-state index contributed by atoms with van der Waals surface area (Å²) in [5.41, 5.74) is -0.360. The molecule has 0 fully saturated rings. The number of aliphatic hydroxyl groups is 2. The van der Waals surface area contributed by atoms with E-state index < -0.39 is 94.6 Å². The highest BCUT2D eigenvalue weighted by Gasteiger charge is 2.50. The minimum absolute atomic E-state index is 0.00485. The lowest BCUT2D eigenvalue weighted by atomic mass is 9.78. The number of nitrogens with one attached hydrogen (secondary N) is 1. The number of aromatic nitrogens is 1. The molecular weight excluding hydrogens is 789 g/mol. The van der Waals surface area contributed by atoms with Crippen molar-refractivity contribution >= 4 is 51.0 Å². The van der Waals surface area contributed by atoms with Crippen LogP contribution in [0.25, 0.3) is 21.7 Å². The Morgan fingerprint density at radius 3 is 2.15 bits per heavy atom. The van der Waals surface area contributed by atoms with Crippen molar-refractivity contribution < 1.29 is 63.3 Å². The number of anilines is 1. The van der Waals surface area contributed by atoms with E-state index in [-0.39, 0.29) is 55.4 Å². The predicted octanol–water partition coefficient (Wildman–Crippen LogP) is 6.80. The van der Waals surface area contributed by atoms with Gasteiger partial charge in [-0.05, 0) is 47.6 Å². The zero-order valence-electron chi connectivity index (χ0n) is 37.4. The highest BCUT2D eigenvalue weighted by atomic mass is 16.7. The average molecular weight is 849 g/mol. The Kier molecular flexibility index (Phi) is 13.1. The number of aryl methyl sites for hydroxylation is 1. The highest BCUT2D eigenvalue weighted by molar-refractivity contribution is 6.31. The lowest BCUT2D eigenvalue weighted by molar-refractivity contribution is -0.160. The maximum atomic E-state index is 14.8. The number of ether oxygens (including phenoxy) is 5. The molecule has 0 saturated heterocycles. The van der Waals surface area contributed by atoms with Crippen molar-refractivity contribution in [1.82, 2.24) is 4.57 Å². The van der Waals surface area contributed by atoms with Gasteiger partial charge < -0.3 is 54.0 Å². The lowest BCUT2D eigenvalue weighted by Gasteiger charge is -2.38. The zero-order valence-corrected chi connectivity index (χ0v) is 37.4. The summed E-state index contributed by atoms with van der Waals surface area (Å²) in [6.45, 7) is 19.4. The number of allylic oxidation sites excluding steroid dienone is 2. The van der Waals surface area contributed by atoms with Gasteiger partial charge in [0.2, 0.25) is 0 Å². The number of amides is 1. The van der Waals surface area contributed by atoms with Crippen LogP contribution >= 0.6 is 0 Å². The minimum atomic E-state index is -2.03. The molecule has 61 heavy (non-hydrogen) atoms. The van der Waals surface area contributed by atoms with Gasteiger partial charge in [-0.15, -0.1) is 0 Å². The van der Waals surface area contributed by atoms with Gasteiger partial charge in [-0.1, -0.05) is 45.9 Å². The second kappa shape index (κ2) is 17.2. The first kappa shape index (κ1) is 46.7. The maximum absolute atomic E-state index is 14.8. The standard InChI is InChI=1S/C46H60N2O13/c1-20-16-15-17-21(2)43(55)47-34-31-29(44(56)61-45(9,10)11)26(7)48(13)35(31)30-32(39(34)53)38(52)25(6)41-33(30)42(54)46(12,60-41)58-19-18-28(57-14)22(3)40(59-27(8)49)24(5)37(51)23(4)36(20)50/h15-20,22-24,28,36-37,40,50-53H,1-14H3,(H,47,55). The minimum Gasteiger partial charge on any atom is -0.507 e. The molecule has 0 spiro atoms. The molecule has 0 aliphatic carbocycles. The van der Waals surface area contributed by atoms with Gasteiger partial charge in [0.25, 0.3) is 11.7 Å². The number of benzene rings is 2. The summed E-state index contributed by atoms with van der Waals surface area (Å²) in [5, 5.41) is 49.7. The number of hydrogen-bond donors (Lipinski definition) is 5. The Morgan fingerprint density at radius 2 is 1.56 bits per heavy atom. The molecule has 2 aromatic carbocycles. The first-order chi connectivity index (χ1) is 28.3. The van der Waals surface area contributed by atoms with Crippen LogP contribution in [0.1, 0.15) is 101 Å². The average Bonchev–Trinajstić information content (AvgIpc) is 3.60. The molecule has 0 saturated carbocycles. The number of Topliss-reactive ketones (excluding diaryl/α,β-unsaturated/α-hetero) is 1. The summed E-state index contributed by atoms with van der Waals surface area (Å²) < 4.78 is 31.3. The Balaban J connectivity index is 1.82. The van der Waals surface area contributed by atoms with E-state index in [2.05, 4.69) is 5.32 Å². The smallest absolute Gasteiger partial charge is 0.341 e. The molecule has 4 bridgehead atoms. The molecule has 1 aromatic heterocycles.